The van der Waals surface area contributed by atoms with Crippen LogP contribution in [0.15, 0.2) is 65.7 Å². The minimum atomic E-state index is -5.08. The molecule has 1 heterocycles. The summed E-state index contributed by atoms with van der Waals surface area (Å²) in [5, 5.41) is 16.8. The summed E-state index contributed by atoms with van der Waals surface area (Å²) in [7, 11) is -2.14. The minimum Gasteiger partial charge on any atom is -0.478 e. The third-order valence-electron chi connectivity index (χ3n) is 5.00. The van der Waals surface area contributed by atoms with Gasteiger partial charge in [0.2, 0.25) is 0 Å². The highest BCUT2D eigenvalue weighted by Gasteiger charge is 2.38. The van der Waals surface area contributed by atoms with Crippen molar-refractivity contribution in [1.29, 1.82) is 0 Å². The number of aromatic carboxylic acids is 1. The van der Waals surface area contributed by atoms with E-state index in [9.17, 15) is 31.5 Å². The molecule has 37 heavy (non-hydrogen) atoms. The molecule has 0 saturated heterocycles. The number of nitrogens with one attached hydrogen (secondary N) is 1. The Bertz CT molecular complexity index is 1380. The van der Waals surface area contributed by atoms with E-state index in [0.29, 0.717) is 6.54 Å². The van der Waals surface area contributed by atoms with Gasteiger partial charge in [0, 0.05) is 13.6 Å². The maximum Gasteiger partial charge on any atom is 0.490 e. The lowest BCUT2D eigenvalue weighted by Gasteiger charge is -2.21. The standard InChI is InChI=1S/C22H23N3O4S.C2HF3O2/c1-15-9-10-19(11-16(15)2)30(28,29)24-18-12-20(22(26)27)21(23-13-18)25(3)14-17-7-5-4-6-8-17;3-2(4,5)1(6)7/h4-13,24H,14H2,1-3H3,(H,26,27);(H,6,7). The van der Waals surface area contributed by atoms with Crippen LogP contribution in [0.4, 0.5) is 24.7 Å². The minimum absolute atomic E-state index is 0.0856. The second-order valence-electron chi connectivity index (χ2n) is 7.90. The number of carbonyl (C=O) groups is 2. The van der Waals surface area contributed by atoms with E-state index in [0.717, 1.165) is 16.7 Å². The summed E-state index contributed by atoms with van der Waals surface area (Å²) < 4.78 is 59.6. The number of hydrogen-bond donors (Lipinski definition) is 3. The third kappa shape index (κ3) is 8.20. The zero-order valence-corrected chi connectivity index (χ0v) is 20.8. The number of nitrogens with zero attached hydrogens (tertiary/aromatic N) is 2. The Hall–Kier alpha value is -4.13. The van der Waals surface area contributed by atoms with Crippen molar-refractivity contribution in [3.05, 3.63) is 83.0 Å². The molecule has 3 rings (SSSR count). The van der Waals surface area contributed by atoms with Crippen molar-refractivity contribution in [3.63, 3.8) is 0 Å². The number of carboxylic acid groups (broad SMARTS) is 2. The summed E-state index contributed by atoms with van der Waals surface area (Å²) in [5.41, 5.74) is 2.82. The van der Waals surface area contributed by atoms with E-state index in [1.807, 2.05) is 44.2 Å². The molecule has 0 amide bonds. The van der Waals surface area contributed by atoms with Crippen LogP contribution < -0.4 is 9.62 Å². The molecule has 13 heteroatoms. The second kappa shape index (κ2) is 11.7. The normalized spacial score (nSPS) is 11.2. The lowest BCUT2D eigenvalue weighted by Crippen LogP contribution is -2.21. The van der Waals surface area contributed by atoms with Gasteiger partial charge in [-0.15, -0.1) is 0 Å². The molecule has 0 fully saturated rings. The molecule has 0 spiro atoms. The fourth-order valence-electron chi connectivity index (χ4n) is 3.00. The average Bonchev–Trinajstić information content (AvgIpc) is 2.80. The maximum atomic E-state index is 12.7. The largest absolute Gasteiger partial charge is 0.490 e. The first-order chi connectivity index (χ1) is 17.1. The number of rotatable bonds is 7. The Balaban J connectivity index is 0.000000604. The number of benzene rings is 2. The van der Waals surface area contributed by atoms with Crippen LogP contribution in [0, 0.1) is 13.8 Å². The summed E-state index contributed by atoms with van der Waals surface area (Å²) in [6.07, 6.45) is -3.76. The van der Waals surface area contributed by atoms with Crippen molar-refractivity contribution in [2.75, 3.05) is 16.7 Å². The van der Waals surface area contributed by atoms with Gasteiger partial charge in [-0.3, -0.25) is 4.72 Å². The van der Waals surface area contributed by atoms with E-state index in [1.54, 1.807) is 24.1 Å². The van der Waals surface area contributed by atoms with Crippen LogP contribution in [-0.4, -0.2) is 48.8 Å². The van der Waals surface area contributed by atoms with Crippen LogP contribution in [0.2, 0.25) is 0 Å². The number of aromatic nitrogens is 1. The van der Waals surface area contributed by atoms with Gasteiger partial charge in [0.15, 0.2) is 0 Å². The number of sulfonamides is 1. The lowest BCUT2D eigenvalue weighted by atomic mass is 10.1. The summed E-state index contributed by atoms with van der Waals surface area (Å²) in [6.45, 7) is 4.19. The molecule has 2 aromatic carbocycles. The maximum absolute atomic E-state index is 12.7. The van der Waals surface area contributed by atoms with Crippen LogP contribution in [-0.2, 0) is 21.4 Å². The molecule has 0 radical (unpaired) electrons. The molecule has 3 aromatic rings. The monoisotopic (exact) mass is 539 g/mol. The average molecular weight is 540 g/mol. The van der Waals surface area contributed by atoms with Gasteiger partial charge in [0.05, 0.1) is 16.8 Å². The van der Waals surface area contributed by atoms with Gasteiger partial charge in [-0.25, -0.2) is 23.0 Å². The van der Waals surface area contributed by atoms with Gasteiger partial charge in [0.25, 0.3) is 10.0 Å². The Labute approximate surface area is 211 Å². The molecule has 1 aromatic heterocycles. The Morgan fingerprint density at radius 3 is 2.11 bits per heavy atom. The van der Waals surface area contributed by atoms with E-state index in [1.165, 1.54) is 18.3 Å². The highest BCUT2D eigenvalue weighted by atomic mass is 32.2. The summed E-state index contributed by atoms with van der Waals surface area (Å²) in [4.78, 5) is 26.7. The third-order valence-corrected chi connectivity index (χ3v) is 6.38. The molecule has 3 N–H and O–H groups in total. The molecule has 9 nitrogen and oxygen atoms in total. The van der Waals surface area contributed by atoms with E-state index in [4.69, 9.17) is 9.90 Å². The first kappa shape index (κ1) is 29.1. The number of anilines is 2. The van der Waals surface area contributed by atoms with E-state index >= 15 is 0 Å². The van der Waals surface area contributed by atoms with Crippen molar-refractivity contribution < 1.29 is 41.4 Å². The highest BCUT2D eigenvalue weighted by molar-refractivity contribution is 7.92. The predicted molar refractivity (Wildman–Crippen MR) is 130 cm³/mol. The Morgan fingerprint density at radius 1 is 1.00 bits per heavy atom. The smallest absolute Gasteiger partial charge is 0.478 e. The molecule has 0 unspecified atom stereocenters. The zero-order chi connectivity index (χ0) is 28.0. The second-order valence-corrected chi connectivity index (χ2v) is 9.58. The number of halogens is 3. The SMILES string of the molecule is Cc1ccc(S(=O)(=O)Nc2cnc(N(C)Cc3ccccc3)c(C(=O)O)c2)cc1C.O=C(O)C(F)(F)F. The van der Waals surface area contributed by atoms with Crippen LogP contribution in [0.25, 0.3) is 0 Å². The number of alkyl halides is 3. The molecular weight excluding hydrogens is 515 g/mol. The first-order valence-corrected chi connectivity index (χ1v) is 12.0. The summed E-state index contributed by atoms with van der Waals surface area (Å²) in [6, 6.07) is 15.7. The van der Waals surface area contributed by atoms with Crippen LogP contribution >= 0.6 is 0 Å². The van der Waals surface area contributed by atoms with Crippen LogP contribution in [0.3, 0.4) is 0 Å². The number of hydrogen-bond acceptors (Lipinski definition) is 6. The molecule has 0 saturated carbocycles. The van der Waals surface area contributed by atoms with E-state index in [-0.39, 0.29) is 22.0 Å². The summed E-state index contributed by atoms with van der Waals surface area (Å²) >= 11 is 0. The number of carboxylic acids is 2. The van der Waals surface area contributed by atoms with Gasteiger partial charge in [0.1, 0.15) is 11.4 Å². The highest BCUT2D eigenvalue weighted by Crippen LogP contribution is 2.24. The van der Waals surface area contributed by atoms with Gasteiger partial charge in [-0.2, -0.15) is 13.2 Å². The predicted octanol–water partition coefficient (Wildman–Crippen LogP) is 4.47. The fraction of sp³-hybridized carbons (Fsp3) is 0.208. The topological polar surface area (TPSA) is 137 Å². The van der Waals surface area contributed by atoms with Gasteiger partial charge in [-0.1, -0.05) is 36.4 Å². The molecule has 198 valence electrons. The lowest BCUT2D eigenvalue weighted by molar-refractivity contribution is -0.192. The first-order valence-electron chi connectivity index (χ1n) is 10.5. The quantitative estimate of drug-likeness (QED) is 0.400. The van der Waals surface area contributed by atoms with E-state index < -0.39 is 28.1 Å². The van der Waals surface area contributed by atoms with E-state index in [2.05, 4.69) is 9.71 Å². The number of aliphatic carboxylic acids is 1. The molecular formula is C24H24F3N3O6S. The van der Waals surface area contributed by atoms with Crippen molar-refractivity contribution in [3.8, 4) is 0 Å². The fourth-order valence-corrected chi connectivity index (χ4v) is 4.12. The Morgan fingerprint density at radius 2 is 1.59 bits per heavy atom. The molecule has 0 aliphatic rings. The molecule has 0 aliphatic carbocycles. The van der Waals surface area contributed by atoms with Crippen LogP contribution in [0.1, 0.15) is 27.0 Å². The molecule has 0 aliphatic heterocycles. The van der Waals surface area contributed by atoms with Crippen molar-refractivity contribution in [1.82, 2.24) is 4.98 Å². The van der Waals surface area contributed by atoms with Gasteiger partial charge in [-0.05, 0) is 48.7 Å². The van der Waals surface area contributed by atoms with Crippen LogP contribution in [0.5, 0.6) is 0 Å². The number of pyridine rings is 1. The van der Waals surface area contributed by atoms with Gasteiger partial charge >= 0.3 is 18.1 Å². The number of aryl methyl sites for hydroxylation is 2. The van der Waals surface area contributed by atoms with Crippen molar-refractivity contribution >= 4 is 33.5 Å². The van der Waals surface area contributed by atoms with Gasteiger partial charge < -0.3 is 15.1 Å². The Kier molecular flexibility index (Phi) is 9.23. The van der Waals surface area contributed by atoms with Crippen molar-refractivity contribution in [2.45, 2.75) is 31.5 Å². The molecule has 0 bridgehead atoms. The zero-order valence-electron chi connectivity index (χ0n) is 19.9. The van der Waals surface area contributed by atoms with Crippen molar-refractivity contribution in [2.24, 2.45) is 0 Å². The molecule has 0 atom stereocenters. The summed E-state index contributed by atoms with van der Waals surface area (Å²) in [5.74, 6) is -3.70.